The Morgan fingerprint density at radius 2 is 2.12 bits per heavy atom. The van der Waals surface area contributed by atoms with Gasteiger partial charge in [0.15, 0.2) is 5.96 Å². The van der Waals surface area contributed by atoms with Crippen molar-refractivity contribution in [1.82, 2.24) is 15.6 Å². The van der Waals surface area contributed by atoms with E-state index in [9.17, 15) is 5.11 Å². The molecular formula is C18H24N4O2. The van der Waals surface area contributed by atoms with Crippen LogP contribution in [0.4, 0.5) is 0 Å². The molecule has 2 aromatic heterocycles. The van der Waals surface area contributed by atoms with Crippen molar-refractivity contribution in [1.29, 1.82) is 0 Å². The zero-order valence-electron chi connectivity index (χ0n) is 13.9. The van der Waals surface area contributed by atoms with Gasteiger partial charge in [-0.2, -0.15) is 0 Å². The minimum absolute atomic E-state index is 0.260. The van der Waals surface area contributed by atoms with E-state index in [1.54, 1.807) is 30.8 Å². The zero-order valence-corrected chi connectivity index (χ0v) is 13.9. The topological polar surface area (TPSA) is 82.7 Å². The summed E-state index contributed by atoms with van der Waals surface area (Å²) in [6.45, 7) is 7.38. The molecule has 24 heavy (non-hydrogen) atoms. The Kier molecular flexibility index (Phi) is 7.04. The Hall–Kier alpha value is -2.60. The molecule has 2 heterocycles. The van der Waals surface area contributed by atoms with E-state index in [0.29, 0.717) is 19.0 Å². The smallest absolute Gasteiger partial charge is 0.191 e. The number of guanidine groups is 1. The third-order valence-corrected chi connectivity index (χ3v) is 3.31. The van der Waals surface area contributed by atoms with Gasteiger partial charge in [-0.05, 0) is 36.8 Å². The van der Waals surface area contributed by atoms with Crippen LogP contribution in [0.15, 0.2) is 64.5 Å². The van der Waals surface area contributed by atoms with E-state index in [0.717, 1.165) is 23.3 Å². The van der Waals surface area contributed by atoms with Crippen molar-refractivity contribution in [3.63, 3.8) is 0 Å². The molecule has 0 amide bonds. The molecule has 0 aromatic carbocycles. The van der Waals surface area contributed by atoms with Gasteiger partial charge in [-0.1, -0.05) is 12.2 Å². The largest absolute Gasteiger partial charge is 0.469 e. The molecule has 6 nitrogen and oxygen atoms in total. The number of aromatic nitrogens is 1. The molecule has 2 rings (SSSR count). The van der Waals surface area contributed by atoms with E-state index >= 15 is 0 Å². The molecule has 0 bridgehead atoms. The number of aliphatic imine (C=N–C) groups is 1. The first kappa shape index (κ1) is 17.7. The third kappa shape index (κ3) is 6.26. The summed E-state index contributed by atoms with van der Waals surface area (Å²) in [5, 5.41) is 16.6. The van der Waals surface area contributed by atoms with Crippen LogP contribution < -0.4 is 10.6 Å². The fourth-order valence-corrected chi connectivity index (χ4v) is 2.04. The lowest BCUT2D eigenvalue weighted by Gasteiger charge is -2.14. The number of nitrogens with zero attached hydrogens (tertiary/aromatic N) is 2. The highest BCUT2D eigenvalue weighted by atomic mass is 16.3. The maximum atomic E-state index is 10.2. The summed E-state index contributed by atoms with van der Waals surface area (Å²) >= 11 is 0. The Labute approximate surface area is 142 Å². The summed E-state index contributed by atoms with van der Waals surface area (Å²) < 4.78 is 5.31. The van der Waals surface area contributed by atoms with Crippen LogP contribution in [0.3, 0.4) is 0 Å². The van der Waals surface area contributed by atoms with E-state index in [-0.39, 0.29) is 6.54 Å². The Balaban J connectivity index is 1.89. The molecule has 0 saturated heterocycles. The number of hydrogen-bond donors (Lipinski definition) is 3. The van der Waals surface area contributed by atoms with Crippen molar-refractivity contribution in [3.05, 3.63) is 66.4 Å². The molecule has 0 fully saturated rings. The Morgan fingerprint density at radius 1 is 1.33 bits per heavy atom. The van der Waals surface area contributed by atoms with Crippen molar-refractivity contribution >= 4 is 5.96 Å². The van der Waals surface area contributed by atoms with Gasteiger partial charge in [0.2, 0.25) is 0 Å². The van der Waals surface area contributed by atoms with Crippen molar-refractivity contribution < 1.29 is 9.52 Å². The number of aliphatic hydroxyl groups excluding tert-OH is 1. The summed E-state index contributed by atoms with van der Waals surface area (Å²) in [7, 11) is 0. The van der Waals surface area contributed by atoms with E-state index < -0.39 is 6.10 Å². The Bertz CT molecular complexity index is 638. The quantitative estimate of drug-likeness (QED) is 0.392. The van der Waals surface area contributed by atoms with Crippen LogP contribution in [0.5, 0.6) is 0 Å². The molecule has 0 aliphatic carbocycles. The van der Waals surface area contributed by atoms with Crippen LogP contribution in [-0.4, -0.2) is 35.7 Å². The number of rotatable bonds is 8. The Morgan fingerprint density at radius 3 is 2.79 bits per heavy atom. The molecule has 0 aliphatic heterocycles. The maximum absolute atomic E-state index is 10.2. The highest BCUT2D eigenvalue weighted by Crippen LogP contribution is 2.10. The fraction of sp³-hybridized carbons (Fsp3) is 0.333. The summed E-state index contributed by atoms with van der Waals surface area (Å²) in [6, 6.07) is 7.37. The first-order chi connectivity index (χ1) is 11.6. The first-order valence-electron chi connectivity index (χ1n) is 7.92. The van der Waals surface area contributed by atoms with Crippen molar-refractivity contribution in [2.24, 2.45) is 4.99 Å². The first-order valence-corrected chi connectivity index (χ1v) is 7.92. The summed E-state index contributed by atoms with van der Waals surface area (Å²) in [5.41, 5.74) is 1.80. The van der Waals surface area contributed by atoms with Crippen LogP contribution in [0, 0.1) is 0 Å². The van der Waals surface area contributed by atoms with Crippen LogP contribution in [0.2, 0.25) is 0 Å². The van der Waals surface area contributed by atoms with Crippen LogP contribution in [0.1, 0.15) is 24.4 Å². The number of furan rings is 1. The highest BCUT2D eigenvalue weighted by molar-refractivity contribution is 5.80. The van der Waals surface area contributed by atoms with Crippen LogP contribution in [0.25, 0.3) is 0 Å². The molecule has 128 valence electrons. The van der Waals surface area contributed by atoms with Crippen molar-refractivity contribution in [3.8, 4) is 0 Å². The molecule has 1 unspecified atom stereocenters. The van der Waals surface area contributed by atoms with Crippen molar-refractivity contribution in [2.45, 2.75) is 19.4 Å². The standard InChI is InChI=1S/C18H24N4O2/c1-14(2)12-21-18(20-10-7-16-4-3-11-24-16)22-13-17(23)15-5-8-19-9-6-15/h3-6,8-9,11,17,23H,1,7,10,12-13H2,2H3,(H2,20,21,22). The van der Waals surface area contributed by atoms with Gasteiger partial charge in [-0.3, -0.25) is 9.98 Å². The second-order valence-corrected chi connectivity index (χ2v) is 5.55. The molecular weight excluding hydrogens is 304 g/mol. The second kappa shape index (κ2) is 9.52. The number of pyridine rings is 1. The lowest BCUT2D eigenvalue weighted by molar-refractivity contribution is 0.187. The van der Waals surface area contributed by atoms with Gasteiger partial charge in [0.05, 0.1) is 18.9 Å². The summed E-state index contributed by atoms with van der Waals surface area (Å²) in [4.78, 5) is 8.39. The molecule has 0 saturated carbocycles. The molecule has 3 N–H and O–H groups in total. The second-order valence-electron chi connectivity index (χ2n) is 5.55. The normalized spacial score (nSPS) is 12.7. The van der Waals surface area contributed by atoms with E-state index in [1.807, 2.05) is 19.1 Å². The molecule has 0 aliphatic rings. The van der Waals surface area contributed by atoms with E-state index in [2.05, 4.69) is 27.2 Å². The molecule has 1 atom stereocenters. The SMILES string of the molecule is C=C(C)CNC(=NCC(O)c1ccncc1)NCCc1ccco1. The highest BCUT2D eigenvalue weighted by Gasteiger charge is 2.07. The van der Waals surface area contributed by atoms with Gasteiger partial charge in [0, 0.05) is 31.9 Å². The number of nitrogens with one attached hydrogen (secondary N) is 2. The lowest BCUT2D eigenvalue weighted by atomic mass is 10.1. The molecule has 0 radical (unpaired) electrons. The van der Waals surface area contributed by atoms with E-state index in [1.165, 1.54) is 0 Å². The van der Waals surface area contributed by atoms with Gasteiger partial charge in [0.25, 0.3) is 0 Å². The van der Waals surface area contributed by atoms with Crippen LogP contribution >= 0.6 is 0 Å². The third-order valence-electron chi connectivity index (χ3n) is 3.31. The molecule has 2 aromatic rings. The molecule has 0 spiro atoms. The monoisotopic (exact) mass is 328 g/mol. The maximum Gasteiger partial charge on any atom is 0.191 e. The predicted octanol–water partition coefficient (Wildman–Crippen LogP) is 2.06. The minimum atomic E-state index is -0.665. The van der Waals surface area contributed by atoms with Gasteiger partial charge in [0.1, 0.15) is 5.76 Å². The van der Waals surface area contributed by atoms with Gasteiger partial charge in [-0.15, -0.1) is 0 Å². The van der Waals surface area contributed by atoms with E-state index in [4.69, 9.17) is 4.42 Å². The fourth-order valence-electron chi connectivity index (χ4n) is 2.04. The van der Waals surface area contributed by atoms with Gasteiger partial charge < -0.3 is 20.2 Å². The zero-order chi connectivity index (χ0) is 17.2. The minimum Gasteiger partial charge on any atom is -0.469 e. The molecule has 6 heteroatoms. The summed E-state index contributed by atoms with van der Waals surface area (Å²) in [5.74, 6) is 1.55. The average molecular weight is 328 g/mol. The van der Waals surface area contributed by atoms with Crippen LogP contribution in [-0.2, 0) is 6.42 Å². The summed E-state index contributed by atoms with van der Waals surface area (Å²) in [6.07, 6.45) is 5.07. The number of hydrogen-bond acceptors (Lipinski definition) is 4. The predicted molar refractivity (Wildman–Crippen MR) is 94.7 cm³/mol. The van der Waals surface area contributed by atoms with Gasteiger partial charge >= 0.3 is 0 Å². The number of aliphatic hydroxyl groups is 1. The van der Waals surface area contributed by atoms with Gasteiger partial charge in [-0.25, -0.2) is 0 Å². The average Bonchev–Trinajstić information content (AvgIpc) is 3.10. The van der Waals surface area contributed by atoms with Crippen molar-refractivity contribution in [2.75, 3.05) is 19.6 Å². The lowest BCUT2D eigenvalue weighted by Crippen LogP contribution is -2.39.